The second-order valence-corrected chi connectivity index (χ2v) is 5.82. The average Bonchev–Trinajstić information content (AvgIpc) is 2.91. The molecule has 0 unspecified atom stereocenters. The van der Waals surface area contributed by atoms with Crippen LogP contribution < -0.4 is 4.90 Å². The van der Waals surface area contributed by atoms with Crippen LogP contribution in [0.15, 0.2) is 42.6 Å². The van der Waals surface area contributed by atoms with Gasteiger partial charge in [-0.3, -0.25) is 14.7 Å². The van der Waals surface area contributed by atoms with Crippen molar-refractivity contribution < 1.29 is 4.79 Å². The van der Waals surface area contributed by atoms with Crippen LogP contribution in [0.4, 0.5) is 5.13 Å². The van der Waals surface area contributed by atoms with Crippen LogP contribution in [0.5, 0.6) is 0 Å². The average molecular weight is 318 g/mol. The topological polar surface area (TPSA) is 46.1 Å². The molecule has 1 aromatic carbocycles. The Morgan fingerprint density at radius 1 is 1.33 bits per heavy atom. The van der Waals surface area contributed by atoms with Gasteiger partial charge in [-0.2, -0.15) is 0 Å². The van der Waals surface area contributed by atoms with Crippen molar-refractivity contribution in [2.24, 2.45) is 0 Å². The summed E-state index contributed by atoms with van der Waals surface area (Å²) in [4.78, 5) is 22.8. The van der Waals surface area contributed by atoms with Gasteiger partial charge in [-0.25, -0.2) is 4.98 Å². The van der Waals surface area contributed by atoms with Gasteiger partial charge in [0.15, 0.2) is 5.13 Å². The first-order valence-corrected chi connectivity index (χ1v) is 7.67. The third-order valence-corrected chi connectivity index (χ3v) is 4.31. The van der Waals surface area contributed by atoms with Crippen LogP contribution in [0.25, 0.3) is 10.2 Å². The summed E-state index contributed by atoms with van der Waals surface area (Å²) in [6.45, 7) is 2.43. The lowest BCUT2D eigenvalue weighted by Crippen LogP contribution is -2.31. The van der Waals surface area contributed by atoms with Crippen molar-refractivity contribution in [1.82, 2.24) is 9.97 Å². The number of benzene rings is 1. The van der Waals surface area contributed by atoms with E-state index in [1.807, 2.05) is 31.2 Å². The van der Waals surface area contributed by atoms with E-state index in [-0.39, 0.29) is 5.91 Å². The zero-order chi connectivity index (χ0) is 14.8. The maximum absolute atomic E-state index is 12.6. The second-order valence-electron chi connectivity index (χ2n) is 4.37. The largest absolute Gasteiger partial charge is 0.283 e. The molecule has 0 atom stereocenters. The van der Waals surface area contributed by atoms with Gasteiger partial charge >= 0.3 is 0 Å². The predicted octanol–water partition coefficient (Wildman–Crippen LogP) is 4.01. The molecule has 0 fully saturated rings. The summed E-state index contributed by atoms with van der Waals surface area (Å²) >= 11 is 7.41. The fraction of sp³-hybridized carbons (Fsp3) is 0.133. The van der Waals surface area contributed by atoms with Gasteiger partial charge in [0.2, 0.25) is 0 Å². The van der Waals surface area contributed by atoms with Crippen LogP contribution in [0.3, 0.4) is 0 Å². The molecule has 0 bridgehead atoms. The number of amides is 1. The quantitative estimate of drug-likeness (QED) is 0.733. The van der Waals surface area contributed by atoms with E-state index in [2.05, 4.69) is 9.97 Å². The monoisotopic (exact) mass is 317 g/mol. The van der Waals surface area contributed by atoms with Gasteiger partial charge in [-0.1, -0.05) is 35.1 Å². The van der Waals surface area contributed by atoms with Gasteiger partial charge in [0.1, 0.15) is 5.69 Å². The first kappa shape index (κ1) is 14.0. The number of anilines is 1. The zero-order valence-corrected chi connectivity index (χ0v) is 12.9. The molecule has 106 valence electrons. The summed E-state index contributed by atoms with van der Waals surface area (Å²) in [5.74, 6) is -0.195. The number of rotatable bonds is 3. The van der Waals surface area contributed by atoms with Gasteiger partial charge in [0, 0.05) is 17.8 Å². The second kappa shape index (κ2) is 5.79. The SMILES string of the molecule is CCN(C(=O)c1cc(Cl)ccn1)c1nc2ccccc2s1. The molecular formula is C15H12ClN3OS. The van der Waals surface area contributed by atoms with Crippen molar-refractivity contribution in [3.8, 4) is 0 Å². The van der Waals surface area contributed by atoms with Crippen LogP contribution in [0, 0.1) is 0 Å². The number of carbonyl (C=O) groups is 1. The molecule has 21 heavy (non-hydrogen) atoms. The number of hydrogen-bond acceptors (Lipinski definition) is 4. The number of thiazole rings is 1. The van der Waals surface area contributed by atoms with E-state index in [1.54, 1.807) is 17.0 Å². The molecule has 3 aromatic rings. The molecular weight excluding hydrogens is 306 g/mol. The number of halogens is 1. The molecule has 0 aliphatic rings. The van der Waals surface area contributed by atoms with Crippen molar-refractivity contribution >= 4 is 44.2 Å². The molecule has 2 aromatic heterocycles. The van der Waals surface area contributed by atoms with E-state index in [4.69, 9.17) is 11.6 Å². The Labute approximate surface area is 131 Å². The van der Waals surface area contributed by atoms with E-state index in [9.17, 15) is 4.79 Å². The minimum Gasteiger partial charge on any atom is -0.283 e. The highest BCUT2D eigenvalue weighted by molar-refractivity contribution is 7.22. The van der Waals surface area contributed by atoms with Gasteiger partial charge in [-0.15, -0.1) is 0 Å². The summed E-state index contributed by atoms with van der Waals surface area (Å²) in [6, 6.07) is 11.0. The minimum absolute atomic E-state index is 0.195. The summed E-state index contributed by atoms with van der Waals surface area (Å²) < 4.78 is 1.05. The summed E-state index contributed by atoms with van der Waals surface area (Å²) in [5.41, 5.74) is 1.21. The molecule has 4 nitrogen and oxygen atoms in total. The number of pyridine rings is 1. The predicted molar refractivity (Wildman–Crippen MR) is 86.2 cm³/mol. The van der Waals surface area contributed by atoms with Crippen molar-refractivity contribution in [2.75, 3.05) is 11.4 Å². The van der Waals surface area contributed by atoms with E-state index < -0.39 is 0 Å². The van der Waals surface area contributed by atoms with Gasteiger partial charge in [0.05, 0.1) is 10.2 Å². The van der Waals surface area contributed by atoms with Gasteiger partial charge in [0.25, 0.3) is 5.91 Å². The summed E-state index contributed by atoms with van der Waals surface area (Å²) in [6.07, 6.45) is 1.53. The minimum atomic E-state index is -0.195. The lowest BCUT2D eigenvalue weighted by molar-refractivity contribution is 0.0983. The highest BCUT2D eigenvalue weighted by atomic mass is 35.5. The van der Waals surface area contributed by atoms with E-state index >= 15 is 0 Å². The lowest BCUT2D eigenvalue weighted by Gasteiger charge is -2.16. The van der Waals surface area contributed by atoms with Crippen molar-refractivity contribution in [3.63, 3.8) is 0 Å². The molecule has 6 heteroatoms. The smallest absolute Gasteiger partial charge is 0.278 e. The van der Waals surface area contributed by atoms with Gasteiger partial charge < -0.3 is 0 Å². The number of carbonyl (C=O) groups excluding carboxylic acids is 1. The molecule has 0 spiro atoms. The first-order chi connectivity index (χ1) is 10.2. The number of nitrogens with zero attached hydrogens (tertiary/aromatic N) is 3. The number of hydrogen-bond donors (Lipinski definition) is 0. The normalized spacial score (nSPS) is 10.8. The molecule has 3 rings (SSSR count). The molecule has 1 amide bonds. The van der Waals surface area contributed by atoms with Crippen molar-refractivity contribution in [1.29, 1.82) is 0 Å². The van der Waals surface area contributed by atoms with E-state index in [0.717, 1.165) is 10.2 Å². The summed E-state index contributed by atoms with van der Waals surface area (Å²) in [7, 11) is 0. The third-order valence-electron chi connectivity index (χ3n) is 3.02. The van der Waals surface area contributed by atoms with E-state index in [1.165, 1.54) is 17.5 Å². The van der Waals surface area contributed by atoms with Crippen LogP contribution in [0.1, 0.15) is 17.4 Å². The molecule has 0 aliphatic heterocycles. The van der Waals surface area contributed by atoms with Crippen LogP contribution in [-0.2, 0) is 0 Å². The van der Waals surface area contributed by atoms with Crippen LogP contribution in [-0.4, -0.2) is 22.4 Å². The van der Waals surface area contributed by atoms with Crippen LogP contribution >= 0.6 is 22.9 Å². The fourth-order valence-corrected chi connectivity index (χ4v) is 3.19. The maximum Gasteiger partial charge on any atom is 0.278 e. The molecule has 0 saturated carbocycles. The Hall–Kier alpha value is -1.98. The first-order valence-electron chi connectivity index (χ1n) is 6.48. The highest BCUT2D eigenvalue weighted by Crippen LogP contribution is 2.29. The number of fused-ring (bicyclic) bond motifs is 1. The number of aromatic nitrogens is 2. The fourth-order valence-electron chi connectivity index (χ4n) is 2.00. The van der Waals surface area contributed by atoms with Crippen molar-refractivity contribution in [3.05, 3.63) is 53.3 Å². The molecule has 0 saturated heterocycles. The molecule has 0 aliphatic carbocycles. The van der Waals surface area contributed by atoms with Gasteiger partial charge in [-0.05, 0) is 31.2 Å². The van der Waals surface area contributed by atoms with Crippen molar-refractivity contribution in [2.45, 2.75) is 6.92 Å². The Morgan fingerprint density at radius 3 is 2.86 bits per heavy atom. The Morgan fingerprint density at radius 2 is 2.14 bits per heavy atom. The lowest BCUT2D eigenvalue weighted by atomic mass is 10.3. The number of para-hydroxylation sites is 1. The molecule has 0 radical (unpaired) electrons. The Kier molecular flexibility index (Phi) is 3.86. The highest BCUT2D eigenvalue weighted by Gasteiger charge is 2.20. The standard InChI is InChI=1S/C15H12ClN3OS/c1-2-19(14(20)12-9-10(16)7-8-17-12)15-18-11-5-3-4-6-13(11)21-15/h3-9H,2H2,1H3. The molecule has 0 N–H and O–H groups in total. The zero-order valence-electron chi connectivity index (χ0n) is 11.3. The Bertz CT molecular complexity index is 769. The van der Waals surface area contributed by atoms with Crippen LogP contribution in [0.2, 0.25) is 5.02 Å². The Balaban J connectivity index is 1.99. The maximum atomic E-state index is 12.6. The molecule has 2 heterocycles. The third kappa shape index (κ3) is 2.75. The summed E-state index contributed by atoms with van der Waals surface area (Å²) in [5, 5.41) is 1.17. The van der Waals surface area contributed by atoms with E-state index in [0.29, 0.717) is 22.4 Å².